The number of rotatable bonds is 10. The van der Waals surface area contributed by atoms with Crippen molar-refractivity contribution in [1.29, 1.82) is 0 Å². The first-order valence-electron chi connectivity index (χ1n) is 19.2. The van der Waals surface area contributed by atoms with Gasteiger partial charge in [0.15, 0.2) is 0 Å². The van der Waals surface area contributed by atoms with E-state index in [2.05, 4.69) is 218 Å². The lowest BCUT2D eigenvalue weighted by Crippen LogP contribution is -3.10. The average Bonchev–Trinajstić information content (AvgIpc) is 3.29. The van der Waals surface area contributed by atoms with Crippen molar-refractivity contribution in [2.24, 2.45) is 0 Å². The van der Waals surface area contributed by atoms with E-state index in [0.717, 1.165) is 43.5 Å². The summed E-state index contributed by atoms with van der Waals surface area (Å²) < 4.78 is 0.953. The van der Waals surface area contributed by atoms with Crippen molar-refractivity contribution in [3.8, 4) is 0 Å². The SMILES string of the molecule is O[Si](c1ccccc1)(c1ccccc1)[SiH]1[N+](c2ccccc2)(c2ccccc2)[SiH]([Si](O)(c2ccccc2)c2ccccc2)[N+]1(c1ccccc1)c1ccccc1. The third-order valence-corrected chi connectivity index (χ3v) is 44.0. The summed E-state index contributed by atoms with van der Waals surface area (Å²) in [5.74, 6) is 0. The highest BCUT2D eigenvalue weighted by Crippen LogP contribution is 2.59. The van der Waals surface area contributed by atoms with Crippen LogP contribution in [0.5, 0.6) is 0 Å². The monoisotopic (exact) mass is 792 g/mol. The fraction of sp³-hybridized carbons (Fsp3) is 0. The summed E-state index contributed by atoms with van der Waals surface area (Å²) in [5.41, 5.74) is 4.51. The summed E-state index contributed by atoms with van der Waals surface area (Å²) in [6.45, 7) is 0. The Kier molecular flexibility index (Phi) is 9.58. The van der Waals surface area contributed by atoms with Crippen molar-refractivity contribution in [3.63, 3.8) is 0 Å². The molecule has 1 fully saturated rings. The zero-order valence-corrected chi connectivity index (χ0v) is 35.3. The molecule has 4 nitrogen and oxygen atoms in total. The summed E-state index contributed by atoms with van der Waals surface area (Å²) in [7, 11) is -13.6. The van der Waals surface area contributed by atoms with Crippen LogP contribution in [0.2, 0.25) is 0 Å². The maximum atomic E-state index is 14.8. The van der Waals surface area contributed by atoms with Gasteiger partial charge in [-0.2, -0.15) is 0 Å². The molecule has 0 radical (unpaired) electrons. The number of hydrogen-bond donors (Lipinski definition) is 2. The number of hydrogen-bond acceptors (Lipinski definition) is 2. The second kappa shape index (κ2) is 14.8. The zero-order valence-electron chi connectivity index (χ0n) is 31.0. The molecule has 0 atom stereocenters. The van der Waals surface area contributed by atoms with Crippen molar-refractivity contribution >= 4 is 76.4 Å². The highest BCUT2D eigenvalue weighted by atomic mass is 29.3. The predicted octanol–water partition coefficient (Wildman–Crippen LogP) is 6.78. The minimum atomic E-state index is -3.81. The average molecular weight is 793 g/mol. The van der Waals surface area contributed by atoms with Gasteiger partial charge in [0, 0.05) is 0 Å². The van der Waals surface area contributed by atoms with Crippen LogP contribution in [0.15, 0.2) is 243 Å². The maximum Gasteiger partial charge on any atom is 0.507 e. The summed E-state index contributed by atoms with van der Waals surface area (Å²) in [6, 6.07) is 85.8. The summed E-state index contributed by atoms with van der Waals surface area (Å²) in [5, 5.41) is 3.96. The molecule has 0 aliphatic carbocycles. The molecule has 0 aromatic heterocycles. The molecule has 1 heterocycles. The lowest BCUT2D eigenvalue weighted by molar-refractivity contribution is 0.537. The van der Waals surface area contributed by atoms with E-state index in [9.17, 15) is 9.59 Å². The van der Waals surface area contributed by atoms with Crippen LogP contribution in [0.4, 0.5) is 22.7 Å². The van der Waals surface area contributed by atoms with E-state index in [1.807, 2.05) is 24.3 Å². The third-order valence-electron chi connectivity index (χ3n) is 11.9. The van der Waals surface area contributed by atoms with Gasteiger partial charge in [-0.1, -0.05) is 194 Å². The zero-order chi connectivity index (χ0) is 38.1. The molecule has 1 aliphatic rings. The molecule has 56 heavy (non-hydrogen) atoms. The van der Waals surface area contributed by atoms with Gasteiger partial charge in [-0.15, -0.1) is 0 Å². The van der Waals surface area contributed by atoms with Crippen LogP contribution in [-0.4, -0.2) is 42.5 Å². The molecule has 272 valence electrons. The lowest BCUT2D eigenvalue weighted by Gasteiger charge is -2.70. The first-order valence-corrected chi connectivity index (χ1v) is 28.8. The predicted molar refractivity (Wildman–Crippen MR) is 243 cm³/mol. The van der Waals surface area contributed by atoms with E-state index in [1.54, 1.807) is 0 Å². The summed E-state index contributed by atoms with van der Waals surface area (Å²) >= 11 is 0. The molecule has 0 saturated carbocycles. The Balaban J connectivity index is 1.57. The Morgan fingerprint density at radius 2 is 0.411 bits per heavy atom. The molecule has 0 spiro atoms. The highest BCUT2D eigenvalue weighted by molar-refractivity contribution is 7.57. The van der Waals surface area contributed by atoms with Crippen molar-refractivity contribution in [2.45, 2.75) is 0 Å². The molecule has 0 unspecified atom stereocenters. The summed E-state index contributed by atoms with van der Waals surface area (Å²) in [4.78, 5) is 29.7. The molecule has 1 saturated heterocycles. The quantitative estimate of drug-likeness (QED) is 0.150. The Bertz CT molecular complexity index is 2160. The molecule has 0 amide bonds. The van der Waals surface area contributed by atoms with Crippen LogP contribution in [0.3, 0.4) is 0 Å². The van der Waals surface area contributed by atoms with E-state index in [-0.39, 0.29) is 0 Å². The molecule has 0 bridgehead atoms. The van der Waals surface area contributed by atoms with Crippen LogP contribution < -0.4 is 28.4 Å². The van der Waals surface area contributed by atoms with Gasteiger partial charge in [-0.05, 0) is 69.3 Å². The molecular formula is C48H44N2O2Si4+2. The van der Waals surface area contributed by atoms with Gasteiger partial charge in [-0.25, -0.2) is 0 Å². The van der Waals surface area contributed by atoms with Gasteiger partial charge in [0.2, 0.25) is 0 Å². The Morgan fingerprint density at radius 1 is 0.250 bits per heavy atom. The molecular weight excluding hydrogens is 749 g/mol. The Labute approximate surface area is 334 Å². The fourth-order valence-electron chi connectivity index (χ4n) is 9.78. The Hall–Kier alpha value is -5.53. The van der Waals surface area contributed by atoms with Crippen LogP contribution in [0.1, 0.15) is 0 Å². The van der Waals surface area contributed by atoms with Gasteiger partial charge >= 0.3 is 32.9 Å². The first kappa shape index (κ1) is 36.1. The van der Waals surface area contributed by atoms with E-state index in [1.165, 1.54) is 0 Å². The van der Waals surface area contributed by atoms with Crippen molar-refractivity contribution in [3.05, 3.63) is 243 Å². The largest absolute Gasteiger partial charge is 0.507 e. The van der Waals surface area contributed by atoms with E-state index in [4.69, 9.17) is 0 Å². The van der Waals surface area contributed by atoms with Gasteiger partial charge in [0.25, 0.3) is 0 Å². The number of quaternary nitrogens is 2. The minimum Gasteiger partial charge on any atom is -0.418 e. The number of para-hydroxylation sites is 4. The molecule has 9 rings (SSSR count). The number of benzene rings is 8. The molecule has 1 aliphatic heterocycles. The van der Waals surface area contributed by atoms with Crippen LogP contribution >= 0.6 is 0 Å². The Morgan fingerprint density at radius 3 is 0.589 bits per heavy atom. The topological polar surface area (TPSA) is 40.5 Å². The van der Waals surface area contributed by atoms with Gasteiger partial charge < -0.3 is 9.59 Å². The maximum absolute atomic E-state index is 14.8. The van der Waals surface area contributed by atoms with E-state index in [0.29, 0.717) is 7.63 Å². The van der Waals surface area contributed by atoms with Crippen molar-refractivity contribution < 1.29 is 9.59 Å². The fourth-order valence-corrected chi connectivity index (χ4v) is 57.3. The number of nitrogens with zero attached hydrogens (tertiary/aromatic N) is 2. The highest BCUT2D eigenvalue weighted by Gasteiger charge is 2.93. The standard InChI is InChI=1S/C48H44N2O2Si4/c51-55(45-33-17-5-18-34-45,46-35-19-6-20-36-46)53-49(41-25-9-1-10-26-41,42-27-11-2-12-28-42)54(50(53,43-29-13-3-14-30-43)44-31-15-4-16-32-44)56(52,47-37-21-7-22-38-47)48-39-23-8-24-40-48/h1-40,51-54H/q+2. The third kappa shape index (κ3) is 5.38. The van der Waals surface area contributed by atoms with Gasteiger partial charge in [0.05, 0.1) is 0 Å². The first-order chi connectivity index (χ1) is 27.6. The lowest BCUT2D eigenvalue weighted by atomic mass is 10.2. The molecule has 2 N–H and O–H groups in total. The van der Waals surface area contributed by atoms with Crippen LogP contribution in [-0.2, 0) is 0 Å². The second-order valence-electron chi connectivity index (χ2n) is 14.6. The molecule has 8 heteroatoms. The van der Waals surface area contributed by atoms with Crippen molar-refractivity contribution in [1.82, 2.24) is 7.63 Å². The second-order valence-corrected chi connectivity index (χ2v) is 34.1. The van der Waals surface area contributed by atoms with Gasteiger partial charge in [0.1, 0.15) is 22.7 Å². The van der Waals surface area contributed by atoms with Crippen molar-refractivity contribution in [2.75, 3.05) is 0 Å². The minimum absolute atomic E-state index is 0.477. The van der Waals surface area contributed by atoms with Gasteiger partial charge in [-0.3, -0.25) is 7.63 Å². The normalized spacial score (nSPS) is 17.4. The van der Waals surface area contributed by atoms with E-state index >= 15 is 0 Å². The van der Waals surface area contributed by atoms with E-state index < -0.39 is 32.9 Å². The molecule has 8 aromatic rings. The molecule has 8 aromatic carbocycles. The van der Waals surface area contributed by atoms with Crippen LogP contribution in [0.25, 0.3) is 0 Å². The smallest absolute Gasteiger partial charge is 0.418 e. The summed E-state index contributed by atoms with van der Waals surface area (Å²) in [6.07, 6.45) is 0. The van der Waals surface area contributed by atoms with Crippen LogP contribution in [0, 0.1) is 0 Å².